The summed E-state index contributed by atoms with van der Waals surface area (Å²) in [5, 5.41) is 6.98. The van der Waals surface area contributed by atoms with Crippen molar-refractivity contribution in [3.63, 3.8) is 0 Å². The van der Waals surface area contributed by atoms with Crippen LogP contribution in [0, 0.1) is 0 Å². The molecule has 27 heavy (non-hydrogen) atoms. The molecule has 1 aliphatic carbocycles. The van der Waals surface area contributed by atoms with Gasteiger partial charge in [-0.1, -0.05) is 28.1 Å². The average molecular weight is 551 g/mol. The van der Waals surface area contributed by atoms with Crippen LogP contribution in [0.5, 0.6) is 0 Å². The Bertz CT molecular complexity index is 603. The van der Waals surface area contributed by atoms with Crippen LogP contribution in [0.15, 0.2) is 33.7 Å². The minimum atomic E-state index is 0. The fourth-order valence-corrected chi connectivity index (χ4v) is 3.90. The number of halogens is 2. The van der Waals surface area contributed by atoms with Gasteiger partial charge in [-0.25, -0.2) is 0 Å². The number of hydrogen-bond donors (Lipinski definition) is 2. The Hall–Kier alpha value is -0.380. The number of morpholine rings is 1. The zero-order valence-corrected chi connectivity index (χ0v) is 20.1. The Morgan fingerprint density at radius 2 is 2.00 bits per heavy atom. The van der Waals surface area contributed by atoms with Crippen molar-refractivity contribution < 1.29 is 4.74 Å². The number of rotatable bonds is 8. The van der Waals surface area contributed by atoms with E-state index < -0.39 is 0 Å². The van der Waals surface area contributed by atoms with Crippen LogP contribution in [0.25, 0.3) is 0 Å². The SMILES string of the molecule is CN=C(NCCCCN1CCOCC1)NCC1(c2cccc(Br)c2)CC1.I. The van der Waals surface area contributed by atoms with Crippen molar-refractivity contribution in [1.82, 2.24) is 15.5 Å². The fraction of sp³-hybridized carbons (Fsp3) is 0.650. The standard InChI is InChI=1S/C20H31BrN4O.HI/c1-22-19(23-9-2-3-10-25-11-13-26-14-12-25)24-16-20(7-8-20)17-5-4-6-18(21)15-17;/h4-6,15H,2-3,7-14,16H2,1H3,(H2,22,23,24);1H. The maximum atomic E-state index is 5.39. The number of aliphatic imine (C=N–C) groups is 1. The summed E-state index contributed by atoms with van der Waals surface area (Å²) in [6.07, 6.45) is 4.86. The highest BCUT2D eigenvalue weighted by atomic mass is 127. The molecule has 2 aliphatic rings. The summed E-state index contributed by atoms with van der Waals surface area (Å²) in [7, 11) is 1.85. The summed E-state index contributed by atoms with van der Waals surface area (Å²) < 4.78 is 6.55. The molecule has 1 aliphatic heterocycles. The fourth-order valence-electron chi connectivity index (χ4n) is 3.50. The first kappa shape index (κ1) is 22.9. The lowest BCUT2D eigenvalue weighted by Crippen LogP contribution is -2.42. The first-order valence-electron chi connectivity index (χ1n) is 9.72. The van der Waals surface area contributed by atoms with Gasteiger partial charge in [-0.3, -0.25) is 9.89 Å². The molecule has 1 aromatic rings. The third-order valence-electron chi connectivity index (χ3n) is 5.41. The molecule has 1 saturated heterocycles. The van der Waals surface area contributed by atoms with E-state index in [1.165, 1.54) is 31.4 Å². The molecule has 3 rings (SSSR count). The van der Waals surface area contributed by atoms with E-state index in [1.807, 2.05) is 7.05 Å². The quantitative estimate of drug-likeness (QED) is 0.225. The van der Waals surface area contributed by atoms with Crippen LogP contribution in [0.4, 0.5) is 0 Å². The number of nitrogens with zero attached hydrogens (tertiary/aromatic N) is 2. The summed E-state index contributed by atoms with van der Waals surface area (Å²) in [5.41, 5.74) is 1.69. The molecule has 5 nitrogen and oxygen atoms in total. The maximum Gasteiger partial charge on any atom is 0.191 e. The molecule has 0 aromatic heterocycles. The van der Waals surface area contributed by atoms with Gasteiger partial charge < -0.3 is 15.4 Å². The van der Waals surface area contributed by atoms with Gasteiger partial charge in [0.1, 0.15) is 0 Å². The second-order valence-corrected chi connectivity index (χ2v) is 8.22. The first-order valence-corrected chi connectivity index (χ1v) is 10.5. The van der Waals surface area contributed by atoms with Gasteiger partial charge in [0.15, 0.2) is 5.96 Å². The predicted molar refractivity (Wildman–Crippen MR) is 126 cm³/mol. The molecule has 0 amide bonds. The normalized spacial score (nSPS) is 19.3. The van der Waals surface area contributed by atoms with Gasteiger partial charge in [0.2, 0.25) is 0 Å². The number of unbranched alkanes of at least 4 members (excludes halogenated alkanes) is 1. The molecule has 0 bridgehead atoms. The molecular weight excluding hydrogens is 519 g/mol. The molecule has 1 aromatic carbocycles. The van der Waals surface area contributed by atoms with Crippen LogP contribution in [0.1, 0.15) is 31.2 Å². The van der Waals surface area contributed by atoms with E-state index in [9.17, 15) is 0 Å². The Morgan fingerprint density at radius 3 is 2.67 bits per heavy atom. The monoisotopic (exact) mass is 550 g/mol. The van der Waals surface area contributed by atoms with Gasteiger partial charge in [-0.05, 0) is 49.9 Å². The third kappa shape index (κ3) is 7.18. The minimum absolute atomic E-state index is 0. The summed E-state index contributed by atoms with van der Waals surface area (Å²) in [5.74, 6) is 0.914. The van der Waals surface area contributed by atoms with Gasteiger partial charge >= 0.3 is 0 Å². The van der Waals surface area contributed by atoms with E-state index in [4.69, 9.17) is 4.74 Å². The minimum Gasteiger partial charge on any atom is -0.379 e. The molecule has 0 spiro atoms. The Labute approximate surface area is 188 Å². The maximum absolute atomic E-state index is 5.39. The lowest BCUT2D eigenvalue weighted by atomic mass is 9.96. The number of hydrogen-bond acceptors (Lipinski definition) is 3. The van der Waals surface area contributed by atoms with Crippen molar-refractivity contribution in [3.05, 3.63) is 34.3 Å². The molecule has 7 heteroatoms. The van der Waals surface area contributed by atoms with E-state index in [2.05, 4.69) is 60.7 Å². The Kier molecular flexibility index (Phi) is 9.82. The van der Waals surface area contributed by atoms with Crippen LogP contribution in [0.2, 0.25) is 0 Å². The zero-order chi connectivity index (χ0) is 18.2. The largest absolute Gasteiger partial charge is 0.379 e. The number of benzene rings is 1. The second kappa shape index (κ2) is 11.6. The Balaban J connectivity index is 0.00000261. The molecule has 1 heterocycles. The van der Waals surface area contributed by atoms with Crippen molar-refractivity contribution in [1.29, 1.82) is 0 Å². The van der Waals surface area contributed by atoms with Crippen LogP contribution in [-0.2, 0) is 10.2 Å². The van der Waals surface area contributed by atoms with Crippen molar-refractivity contribution in [2.45, 2.75) is 31.1 Å². The van der Waals surface area contributed by atoms with Gasteiger partial charge in [-0.2, -0.15) is 0 Å². The van der Waals surface area contributed by atoms with Crippen molar-refractivity contribution in [3.8, 4) is 0 Å². The van der Waals surface area contributed by atoms with Crippen molar-refractivity contribution in [2.24, 2.45) is 4.99 Å². The van der Waals surface area contributed by atoms with Crippen LogP contribution in [0.3, 0.4) is 0 Å². The number of ether oxygens (including phenoxy) is 1. The summed E-state index contributed by atoms with van der Waals surface area (Å²) in [6, 6.07) is 8.70. The second-order valence-electron chi connectivity index (χ2n) is 7.30. The molecule has 1 saturated carbocycles. The van der Waals surface area contributed by atoms with Crippen molar-refractivity contribution in [2.75, 3.05) is 53.0 Å². The molecule has 0 atom stereocenters. The average Bonchev–Trinajstić information content (AvgIpc) is 3.46. The lowest BCUT2D eigenvalue weighted by Gasteiger charge is -2.26. The van der Waals surface area contributed by atoms with Gasteiger partial charge in [-0.15, -0.1) is 24.0 Å². The van der Waals surface area contributed by atoms with E-state index in [1.54, 1.807) is 0 Å². The molecule has 0 radical (unpaired) electrons. The summed E-state index contributed by atoms with van der Waals surface area (Å²) in [4.78, 5) is 6.87. The summed E-state index contributed by atoms with van der Waals surface area (Å²) in [6.45, 7) is 7.00. The molecular formula is C20H32BrIN4O. The topological polar surface area (TPSA) is 48.9 Å². The molecule has 0 unspecified atom stereocenters. The van der Waals surface area contributed by atoms with Crippen LogP contribution < -0.4 is 10.6 Å². The number of nitrogens with one attached hydrogen (secondary N) is 2. The highest BCUT2D eigenvalue weighted by Gasteiger charge is 2.44. The molecule has 2 N–H and O–H groups in total. The molecule has 152 valence electrons. The third-order valence-corrected chi connectivity index (χ3v) is 5.90. The Morgan fingerprint density at radius 1 is 1.22 bits per heavy atom. The predicted octanol–water partition coefficient (Wildman–Crippen LogP) is 3.38. The lowest BCUT2D eigenvalue weighted by molar-refractivity contribution is 0.0372. The highest BCUT2D eigenvalue weighted by molar-refractivity contribution is 14.0. The van der Waals surface area contributed by atoms with E-state index >= 15 is 0 Å². The van der Waals surface area contributed by atoms with Gasteiger partial charge in [0.25, 0.3) is 0 Å². The van der Waals surface area contributed by atoms with Gasteiger partial charge in [0.05, 0.1) is 13.2 Å². The van der Waals surface area contributed by atoms with Gasteiger partial charge in [0, 0.05) is 43.1 Å². The summed E-state index contributed by atoms with van der Waals surface area (Å²) >= 11 is 3.59. The molecule has 2 fully saturated rings. The smallest absolute Gasteiger partial charge is 0.191 e. The van der Waals surface area contributed by atoms with Crippen LogP contribution in [-0.4, -0.2) is 63.8 Å². The van der Waals surface area contributed by atoms with E-state index in [0.29, 0.717) is 0 Å². The zero-order valence-electron chi connectivity index (χ0n) is 16.2. The van der Waals surface area contributed by atoms with Crippen LogP contribution >= 0.6 is 39.9 Å². The number of guanidine groups is 1. The van der Waals surface area contributed by atoms with E-state index in [0.717, 1.165) is 56.2 Å². The first-order chi connectivity index (χ1) is 12.7. The van der Waals surface area contributed by atoms with Crippen molar-refractivity contribution >= 4 is 45.9 Å². The highest BCUT2D eigenvalue weighted by Crippen LogP contribution is 2.48. The van der Waals surface area contributed by atoms with E-state index in [-0.39, 0.29) is 29.4 Å².